The van der Waals surface area contributed by atoms with Crippen molar-refractivity contribution >= 4 is 29.4 Å². The third kappa shape index (κ3) is 2.91. The molecular weight excluding hydrogens is 278 g/mol. The molecular formula is C15H14ClNO3. The lowest BCUT2D eigenvalue weighted by Gasteiger charge is -1.99. The van der Waals surface area contributed by atoms with Crippen LogP contribution in [0.15, 0.2) is 41.3 Å². The van der Waals surface area contributed by atoms with E-state index in [1.807, 2.05) is 6.92 Å². The fraction of sp³-hybridized carbons (Fsp3) is 0.200. The Labute approximate surface area is 121 Å². The molecule has 1 amide bonds. The van der Waals surface area contributed by atoms with Crippen LogP contribution in [-0.2, 0) is 9.59 Å². The van der Waals surface area contributed by atoms with Crippen molar-refractivity contribution in [3.63, 3.8) is 0 Å². The van der Waals surface area contributed by atoms with Gasteiger partial charge in [0.05, 0.1) is 5.70 Å². The summed E-state index contributed by atoms with van der Waals surface area (Å²) in [7, 11) is 0. The number of nitrogens with one attached hydrogen (secondary N) is 1. The van der Waals surface area contributed by atoms with Crippen LogP contribution in [0.25, 0.3) is 6.08 Å². The molecule has 0 aromatic heterocycles. The lowest BCUT2D eigenvalue weighted by molar-refractivity contribution is -0.121. The summed E-state index contributed by atoms with van der Waals surface area (Å²) in [6.07, 6.45) is 2.45. The van der Waals surface area contributed by atoms with Gasteiger partial charge in [-0.25, -0.2) is 0 Å². The molecule has 0 saturated heterocycles. The van der Waals surface area contributed by atoms with Crippen LogP contribution in [0.4, 0.5) is 0 Å². The zero-order valence-corrected chi connectivity index (χ0v) is 11.7. The predicted molar refractivity (Wildman–Crippen MR) is 77.1 cm³/mol. The first-order valence-electron chi connectivity index (χ1n) is 6.28. The van der Waals surface area contributed by atoms with Crippen molar-refractivity contribution in [1.82, 2.24) is 5.32 Å². The maximum absolute atomic E-state index is 11.8. The van der Waals surface area contributed by atoms with Crippen molar-refractivity contribution in [2.24, 2.45) is 0 Å². The zero-order chi connectivity index (χ0) is 14.7. The van der Waals surface area contributed by atoms with Crippen molar-refractivity contribution in [3.8, 4) is 0 Å². The monoisotopic (exact) mass is 291 g/mol. The van der Waals surface area contributed by atoms with E-state index < -0.39 is 5.91 Å². The normalized spacial score (nSPS) is 16.7. The molecule has 0 bridgehead atoms. The standard InChI is InChI=1S/C15H14ClNO3/c1-2-3-12(18)13-14(19)11(17-15(13)20)8-9-4-6-10(16)7-5-9/h4-8,19H,2-3H2,1H3,(H,17,20)/b11-8-. The Kier molecular flexibility index (Phi) is 4.25. The van der Waals surface area contributed by atoms with Gasteiger partial charge in [0.25, 0.3) is 5.91 Å². The molecule has 1 heterocycles. The van der Waals surface area contributed by atoms with E-state index >= 15 is 0 Å². The first-order valence-corrected chi connectivity index (χ1v) is 6.66. The molecule has 1 aromatic rings. The molecule has 1 aromatic carbocycles. The molecule has 0 radical (unpaired) electrons. The van der Waals surface area contributed by atoms with Gasteiger partial charge in [-0.05, 0) is 30.2 Å². The molecule has 0 unspecified atom stereocenters. The van der Waals surface area contributed by atoms with Crippen LogP contribution in [0, 0.1) is 0 Å². The zero-order valence-electron chi connectivity index (χ0n) is 10.9. The topological polar surface area (TPSA) is 66.4 Å². The molecule has 5 heteroatoms. The molecule has 1 aliphatic heterocycles. The van der Waals surface area contributed by atoms with E-state index in [1.165, 1.54) is 0 Å². The van der Waals surface area contributed by atoms with Gasteiger partial charge >= 0.3 is 0 Å². The van der Waals surface area contributed by atoms with Gasteiger partial charge in [-0.2, -0.15) is 0 Å². The van der Waals surface area contributed by atoms with E-state index in [9.17, 15) is 14.7 Å². The molecule has 20 heavy (non-hydrogen) atoms. The molecule has 0 fully saturated rings. The van der Waals surface area contributed by atoms with E-state index in [0.717, 1.165) is 5.56 Å². The predicted octanol–water partition coefficient (Wildman–Crippen LogP) is 2.99. The highest BCUT2D eigenvalue weighted by Gasteiger charge is 2.31. The average Bonchev–Trinajstić information content (AvgIpc) is 2.67. The molecule has 4 nitrogen and oxygen atoms in total. The van der Waals surface area contributed by atoms with Gasteiger partial charge < -0.3 is 10.4 Å². The maximum atomic E-state index is 11.8. The number of halogens is 1. The summed E-state index contributed by atoms with van der Waals surface area (Å²) in [4.78, 5) is 23.5. The van der Waals surface area contributed by atoms with Crippen LogP contribution in [-0.4, -0.2) is 16.8 Å². The van der Waals surface area contributed by atoms with Gasteiger partial charge in [-0.3, -0.25) is 9.59 Å². The molecule has 0 atom stereocenters. The second kappa shape index (κ2) is 5.92. The summed E-state index contributed by atoms with van der Waals surface area (Å²) in [5, 5.41) is 13.1. The number of amides is 1. The van der Waals surface area contributed by atoms with Gasteiger partial charge in [0, 0.05) is 11.4 Å². The Morgan fingerprint density at radius 2 is 2.00 bits per heavy atom. The van der Waals surface area contributed by atoms with E-state index in [2.05, 4.69) is 5.32 Å². The summed E-state index contributed by atoms with van der Waals surface area (Å²) >= 11 is 5.79. The van der Waals surface area contributed by atoms with E-state index in [1.54, 1.807) is 30.3 Å². The number of hydrogen-bond acceptors (Lipinski definition) is 3. The van der Waals surface area contributed by atoms with Crippen molar-refractivity contribution < 1.29 is 14.7 Å². The summed E-state index contributed by atoms with van der Waals surface area (Å²) in [5.74, 6) is -1.19. The van der Waals surface area contributed by atoms with Crippen molar-refractivity contribution in [2.75, 3.05) is 0 Å². The molecule has 0 aliphatic carbocycles. The largest absolute Gasteiger partial charge is 0.505 e. The smallest absolute Gasteiger partial charge is 0.263 e. The third-order valence-corrected chi connectivity index (χ3v) is 3.16. The molecule has 2 rings (SSSR count). The van der Waals surface area contributed by atoms with Crippen LogP contribution in [0.5, 0.6) is 0 Å². The SMILES string of the molecule is CCCC(=O)C1=C(O)/C(=C/c2ccc(Cl)cc2)NC1=O. The third-order valence-electron chi connectivity index (χ3n) is 2.90. The Balaban J connectivity index is 2.33. The van der Waals surface area contributed by atoms with Gasteiger partial charge in [-0.15, -0.1) is 0 Å². The van der Waals surface area contributed by atoms with Crippen LogP contribution < -0.4 is 5.32 Å². The minimum absolute atomic E-state index is 0.160. The summed E-state index contributed by atoms with van der Waals surface area (Å²) < 4.78 is 0. The van der Waals surface area contributed by atoms with E-state index in [-0.39, 0.29) is 29.2 Å². The number of benzene rings is 1. The highest BCUT2D eigenvalue weighted by Crippen LogP contribution is 2.23. The van der Waals surface area contributed by atoms with Gasteiger partial charge in [0.15, 0.2) is 11.5 Å². The second-order valence-corrected chi connectivity index (χ2v) is 4.90. The highest BCUT2D eigenvalue weighted by atomic mass is 35.5. The molecule has 0 spiro atoms. The molecule has 2 N–H and O–H groups in total. The number of ketones is 1. The van der Waals surface area contributed by atoms with Crippen LogP contribution in [0.2, 0.25) is 5.02 Å². The minimum Gasteiger partial charge on any atom is -0.505 e. The van der Waals surface area contributed by atoms with E-state index in [0.29, 0.717) is 11.4 Å². The second-order valence-electron chi connectivity index (χ2n) is 4.46. The average molecular weight is 292 g/mol. The van der Waals surface area contributed by atoms with Crippen LogP contribution in [0.1, 0.15) is 25.3 Å². The molecule has 1 aliphatic rings. The number of hydrogen-bond donors (Lipinski definition) is 2. The lowest BCUT2D eigenvalue weighted by atomic mass is 10.1. The number of aliphatic hydroxyl groups excluding tert-OH is 1. The van der Waals surface area contributed by atoms with Crippen LogP contribution >= 0.6 is 11.6 Å². The number of carbonyl (C=O) groups excluding carboxylic acids is 2. The molecule has 0 saturated carbocycles. The van der Waals surface area contributed by atoms with Gasteiger partial charge in [0.2, 0.25) is 0 Å². The fourth-order valence-corrected chi connectivity index (χ4v) is 2.05. The lowest BCUT2D eigenvalue weighted by Crippen LogP contribution is -2.20. The number of aliphatic hydroxyl groups is 1. The van der Waals surface area contributed by atoms with Crippen LogP contribution in [0.3, 0.4) is 0 Å². The first kappa shape index (κ1) is 14.3. The maximum Gasteiger partial charge on any atom is 0.263 e. The van der Waals surface area contributed by atoms with E-state index in [4.69, 9.17) is 11.6 Å². The summed E-state index contributed by atoms with van der Waals surface area (Å²) in [6.45, 7) is 1.84. The summed E-state index contributed by atoms with van der Waals surface area (Å²) in [6, 6.07) is 6.91. The Hall–Kier alpha value is -2.07. The van der Waals surface area contributed by atoms with Crippen molar-refractivity contribution in [1.29, 1.82) is 0 Å². The highest BCUT2D eigenvalue weighted by molar-refractivity contribution is 6.30. The summed E-state index contributed by atoms with van der Waals surface area (Å²) in [5.41, 5.74) is 0.837. The number of Topliss-reactive ketones (excluding diaryl/α,β-unsaturated/α-hetero) is 1. The van der Waals surface area contributed by atoms with Crippen molar-refractivity contribution in [2.45, 2.75) is 19.8 Å². The number of carbonyl (C=O) groups is 2. The Morgan fingerprint density at radius 1 is 1.35 bits per heavy atom. The van der Waals surface area contributed by atoms with Gasteiger partial charge in [-0.1, -0.05) is 30.7 Å². The molecule has 104 valence electrons. The fourth-order valence-electron chi connectivity index (χ4n) is 1.93. The van der Waals surface area contributed by atoms with Gasteiger partial charge in [0.1, 0.15) is 5.57 Å². The first-order chi connectivity index (χ1) is 9.52. The number of rotatable bonds is 4. The minimum atomic E-state index is -0.554. The van der Waals surface area contributed by atoms with Crippen molar-refractivity contribution in [3.05, 3.63) is 51.9 Å². The Bertz CT molecular complexity index is 615. The quantitative estimate of drug-likeness (QED) is 0.838. The Morgan fingerprint density at radius 3 is 2.60 bits per heavy atom.